The van der Waals surface area contributed by atoms with E-state index in [4.69, 9.17) is 23.6 Å². The molecule has 310 valence electrons. The highest BCUT2D eigenvalue weighted by Crippen LogP contribution is 2.43. The third kappa shape index (κ3) is 39.3. The molecule has 0 rings (SSSR count). The van der Waals surface area contributed by atoms with Crippen molar-refractivity contribution in [2.45, 2.75) is 154 Å². The maximum absolute atomic E-state index is 12.6. The molecule has 0 aliphatic heterocycles. The van der Waals surface area contributed by atoms with Crippen LogP contribution in [-0.2, 0) is 27.9 Å². The summed E-state index contributed by atoms with van der Waals surface area (Å²) in [5, 5.41) is 18.3. The first kappa shape index (κ1) is 51.6. The largest absolute Gasteiger partial charge is 0.472 e. The van der Waals surface area contributed by atoms with Gasteiger partial charge in [-0.05, 0) is 83.5 Å². The van der Waals surface area contributed by atoms with Gasteiger partial charge in [0.05, 0.1) is 26.4 Å². The van der Waals surface area contributed by atoms with E-state index in [2.05, 4.69) is 98.9 Å². The van der Waals surface area contributed by atoms with Crippen molar-refractivity contribution in [3.63, 3.8) is 0 Å². The molecule has 3 atom stereocenters. The zero-order chi connectivity index (χ0) is 39.6. The van der Waals surface area contributed by atoms with Gasteiger partial charge in [0.15, 0.2) is 0 Å². The van der Waals surface area contributed by atoms with Crippen LogP contribution >= 0.6 is 7.82 Å². The van der Waals surface area contributed by atoms with E-state index in [-0.39, 0.29) is 13.0 Å². The molecule has 10 heteroatoms. The summed E-state index contributed by atoms with van der Waals surface area (Å²) in [6.07, 6.45) is 48.3. The van der Waals surface area contributed by atoms with Gasteiger partial charge < -0.3 is 24.6 Å². The van der Waals surface area contributed by atoms with Crippen LogP contribution in [0, 0.1) is 0 Å². The van der Waals surface area contributed by atoms with Gasteiger partial charge in [-0.2, -0.15) is 0 Å². The Hall–Kier alpha value is -2.36. The third-order valence-corrected chi connectivity index (χ3v) is 9.02. The molecule has 0 bridgehead atoms. The van der Waals surface area contributed by atoms with Gasteiger partial charge in [-0.3, -0.25) is 13.8 Å². The third-order valence-electron chi connectivity index (χ3n) is 8.06. The minimum atomic E-state index is -4.53. The number of phosphoric acid groups is 1. The van der Waals surface area contributed by atoms with E-state index in [1.807, 2.05) is 0 Å². The molecule has 0 saturated carbocycles. The number of hydrogen-bond donors (Lipinski definition) is 3. The Morgan fingerprint density at radius 1 is 0.593 bits per heavy atom. The van der Waals surface area contributed by atoms with Crippen molar-refractivity contribution in [2.75, 3.05) is 33.0 Å². The normalized spacial score (nSPS) is 15.0. The van der Waals surface area contributed by atoms with Crippen LogP contribution in [0.25, 0.3) is 0 Å². The fraction of sp³-hybridized carbons (Fsp3) is 0.659. The van der Waals surface area contributed by atoms with Crippen LogP contribution in [0.1, 0.15) is 142 Å². The van der Waals surface area contributed by atoms with E-state index >= 15 is 0 Å². The van der Waals surface area contributed by atoms with Crippen molar-refractivity contribution in [1.29, 1.82) is 0 Å². The predicted octanol–water partition coefficient (Wildman–Crippen LogP) is 11.1. The van der Waals surface area contributed by atoms with E-state index in [0.717, 1.165) is 77.0 Å². The lowest BCUT2D eigenvalue weighted by Crippen LogP contribution is -2.29. The minimum absolute atomic E-state index is 0.0217. The summed E-state index contributed by atoms with van der Waals surface area (Å²) in [5.41, 5.74) is 0. The number of rotatable bonds is 38. The Labute approximate surface area is 328 Å². The molecule has 0 radical (unpaired) electrons. The van der Waals surface area contributed by atoms with Crippen LogP contribution in [0.3, 0.4) is 0 Å². The number of carbonyl (C=O) groups excluding carboxylic acids is 1. The molecule has 0 amide bonds. The lowest BCUT2D eigenvalue weighted by Gasteiger charge is -2.20. The first-order chi connectivity index (χ1) is 26.3. The van der Waals surface area contributed by atoms with Crippen molar-refractivity contribution >= 4 is 13.8 Å². The summed E-state index contributed by atoms with van der Waals surface area (Å²) in [7, 11) is -4.53. The number of esters is 1. The number of aliphatic hydroxyl groups is 2. The number of carbonyl (C=O) groups is 1. The van der Waals surface area contributed by atoms with Crippen molar-refractivity contribution in [1.82, 2.24) is 0 Å². The van der Waals surface area contributed by atoms with Gasteiger partial charge >= 0.3 is 13.8 Å². The second-order valence-electron chi connectivity index (χ2n) is 13.3. The van der Waals surface area contributed by atoms with Gasteiger partial charge in [0.25, 0.3) is 0 Å². The fourth-order valence-corrected chi connectivity index (χ4v) is 5.72. The van der Waals surface area contributed by atoms with Crippen molar-refractivity contribution < 1.29 is 43.0 Å². The average Bonchev–Trinajstić information content (AvgIpc) is 3.16. The molecule has 3 unspecified atom stereocenters. The van der Waals surface area contributed by atoms with Gasteiger partial charge in [0.1, 0.15) is 12.2 Å². The van der Waals surface area contributed by atoms with Crippen LogP contribution in [-0.4, -0.2) is 66.3 Å². The topological polar surface area (TPSA) is 132 Å². The molecule has 0 aromatic rings. The first-order valence-electron chi connectivity index (χ1n) is 20.6. The summed E-state index contributed by atoms with van der Waals surface area (Å²) >= 11 is 0. The number of hydrogen-bond acceptors (Lipinski definition) is 8. The molecular weight excluding hydrogens is 703 g/mol. The minimum Gasteiger partial charge on any atom is -0.457 e. The van der Waals surface area contributed by atoms with Crippen LogP contribution in [0.4, 0.5) is 0 Å². The predicted molar refractivity (Wildman–Crippen MR) is 223 cm³/mol. The Kier molecular flexibility index (Phi) is 38.5. The molecule has 0 aliphatic carbocycles. The average molecular weight is 779 g/mol. The lowest BCUT2D eigenvalue weighted by atomic mass is 10.1. The summed E-state index contributed by atoms with van der Waals surface area (Å²) in [5.74, 6) is -0.431. The Balaban J connectivity index is 4.31. The van der Waals surface area contributed by atoms with E-state index < -0.39 is 45.8 Å². The molecule has 0 aliphatic rings. The number of allylic oxidation sites excluding steroid dienone is 14. The fourth-order valence-electron chi connectivity index (χ4n) is 4.93. The molecule has 54 heavy (non-hydrogen) atoms. The van der Waals surface area contributed by atoms with Crippen molar-refractivity contribution in [2.24, 2.45) is 0 Å². The highest BCUT2D eigenvalue weighted by Gasteiger charge is 2.26. The number of aliphatic hydroxyl groups excluding tert-OH is 2. The smallest absolute Gasteiger partial charge is 0.457 e. The SMILES string of the molecule is CC/C=C\C/C=C\C/C=C\C/C=C\C/C=C\C/C=C\CCCCC(=O)OC(COCCCCCCCC/C=C\CCCC)COP(=O)(O)OCC(O)CO. The van der Waals surface area contributed by atoms with Crippen molar-refractivity contribution in [3.8, 4) is 0 Å². The Morgan fingerprint density at radius 3 is 1.61 bits per heavy atom. The van der Waals surface area contributed by atoms with Gasteiger partial charge in [0.2, 0.25) is 0 Å². The molecule has 0 spiro atoms. The summed E-state index contributed by atoms with van der Waals surface area (Å²) in [6.45, 7) is 3.26. The molecule has 0 aromatic heterocycles. The van der Waals surface area contributed by atoms with E-state index in [1.165, 1.54) is 38.5 Å². The second-order valence-corrected chi connectivity index (χ2v) is 14.7. The summed E-state index contributed by atoms with van der Waals surface area (Å²) in [4.78, 5) is 22.5. The standard InChI is InChI=1S/C44H75O9P/c1-3-5-7-9-11-13-15-17-18-19-20-21-22-23-24-25-26-28-30-32-34-36-44(47)53-43(41-52-54(48,49)51-39-42(46)38-45)40-50-37-35-33-31-29-27-16-14-12-10-8-6-4-2/h5,7,10-13,17-18,20-21,23-24,26,28,42-43,45-46H,3-4,6,8-9,14-16,19,22,25,27,29-41H2,1-2H3,(H,48,49)/b7-5-,12-10-,13-11-,18-17-,21-20-,24-23-,28-26-. The molecule has 0 fully saturated rings. The highest BCUT2D eigenvalue weighted by molar-refractivity contribution is 7.47. The van der Waals surface area contributed by atoms with E-state index in [0.29, 0.717) is 13.0 Å². The number of phosphoric ester groups is 1. The lowest BCUT2D eigenvalue weighted by molar-refractivity contribution is -0.154. The van der Waals surface area contributed by atoms with Crippen LogP contribution < -0.4 is 0 Å². The molecule has 0 saturated heterocycles. The molecular formula is C44H75O9P. The molecule has 0 aromatic carbocycles. The zero-order valence-corrected chi connectivity index (χ0v) is 34.5. The van der Waals surface area contributed by atoms with Crippen LogP contribution in [0.15, 0.2) is 85.1 Å². The highest BCUT2D eigenvalue weighted by atomic mass is 31.2. The summed E-state index contributed by atoms with van der Waals surface area (Å²) in [6, 6.07) is 0. The molecule has 3 N–H and O–H groups in total. The molecule has 0 heterocycles. The van der Waals surface area contributed by atoms with E-state index in [9.17, 15) is 19.4 Å². The Morgan fingerprint density at radius 2 is 1.06 bits per heavy atom. The van der Waals surface area contributed by atoms with E-state index in [1.54, 1.807) is 0 Å². The first-order valence-corrected chi connectivity index (χ1v) is 22.1. The summed E-state index contributed by atoms with van der Waals surface area (Å²) < 4.78 is 33.2. The Bertz CT molecular complexity index is 1110. The number of unbranched alkanes of at least 4 members (excludes halogenated alkanes) is 10. The van der Waals surface area contributed by atoms with Gasteiger partial charge in [-0.25, -0.2) is 4.57 Å². The maximum Gasteiger partial charge on any atom is 0.472 e. The zero-order valence-electron chi connectivity index (χ0n) is 33.7. The van der Waals surface area contributed by atoms with Crippen LogP contribution in [0.2, 0.25) is 0 Å². The quantitative estimate of drug-likeness (QED) is 0.0242. The van der Waals surface area contributed by atoms with Crippen molar-refractivity contribution in [3.05, 3.63) is 85.1 Å². The van der Waals surface area contributed by atoms with Crippen LogP contribution in [0.5, 0.6) is 0 Å². The van der Waals surface area contributed by atoms with Gasteiger partial charge in [-0.1, -0.05) is 137 Å². The number of ether oxygens (including phenoxy) is 2. The second kappa shape index (κ2) is 40.3. The maximum atomic E-state index is 12.6. The van der Waals surface area contributed by atoms with Gasteiger partial charge in [0, 0.05) is 13.0 Å². The van der Waals surface area contributed by atoms with Gasteiger partial charge in [-0.15, -0.1) is 0 Å². The molecule has 9 nitrogen and oxygen atoms in total. The monoisotopic (exact) mass is 779 g/mol.